The molecule has 0 fully saturated rings. The van der Waals surface area contributed by atoms with Gasteiger partial charge in [0.05, 0.1) is 16.4 Å². The minimum atomic E-state index is -0.484. The summed E-state index contributed by atoms with van der Waals surface area (Å²) < 4.78 is 1.07. The molecule has 0 saturated heterocycles. The van der Waals surface area contributed by atoms with E-state index in [0.717, 1.165) is 15.2 Å². The van der Waals surface area contributed by atoms with Crippen molar-refractivity contribution in [2.24, 2.45) is 0 Å². The lowest BCUT2D eigenvalue weighted by Gasteiger charge is -1.93. The molecule has 1 unspecified atom stereocenters. The lowest BCUT2D eigenvalue weighted by molar-refractivity contribution is 0.199. The van der Waals surface area contributed by atoms with Crippen molar-refractivity contribution in [3.05, 3.63) is 23.5 Å². The standard InChI is InChI=1S/C8H8N2OS/c1-5(11)8-10-6-4-9-3-2-7(6)12-8/h2-5,11H,1H3. The van der Waals surface area contributed by atoms with Gasteiger partial charge in [0, 0.05) is 6.20 Å². The molecule has 0 bridgehead atoms. The molecule has 2 heterocycles. The average Bonchev–Trinajstić information content (AvgIpc) is 2.46. The molecule has 0 amide bonds. The van der Waals surface area contributed by atoms with Gasteiger partial charge in [0.25, 0.3) is 0 Å². The number of hydrogen-bond acceptors (Lipinski definition) is 4. The molecule has 2 aromatic heterocycles. The molecule has 0 radical (unpaired) electrons. The number of aliphatic hydroxyl groups is 1. The van der Waals surface area contributed by atoms with E-state index in [-0.39, 0.29) is 0 Å². The van der Waals surface area contributed by atoms with Crippen LogP contribution in [0.5, 0.6) is 0 Å². The molecule has 62 valence electrons. The first-order chi connectivity index (χ1) is 5.77. The average molecular weight is 180 g/mol. The SMILES string of the molecule is CC(O)c1nc2cnccc2s1. The van der Waals surface area contributed by atoms with E-state index in [9.17, 15) is 5.11 Å². The summed E-state index contributed by atoms with van der Waals surface area (Å²) in [5.74, 6) is 0. The van der Waals surface area contributed by atoms with Gasteiger partial charge in [0.2, 0.25) is 0 Å². The van der Waals surface area contributed by atoms with Crippen LogP contribution in [0.25, 0.3) is 10.2 Å². The molecule has 0 spiro atoms. The van der Waals surface area contributed by atoms with Crippen LogP contribution >= 0.6 is 11.3 Å². The molecular formula is C8H8N2OS. The minimum absolute atomic E-state index is 0.484. The number of nitrogens with zero attached hydrogens (tertiary/aromatic N) is 2. The Morgan fingerprint density at radius 2 is 2.42 bits per heavy atom. The first kappa shape index (κ1) is 7.64. The maximum atomic E-state index is 9.25. The van der Waals surface area contributed by atoms with Crippen molar-refractivity contribution < 1.29 is 5.11 Å². The van der Waals surface area contributed by atoms with Crippen molar-refractivity contribution in [2.45, 2.75) is 13.0 Å². The third-order valence-corrected chi connectivity index (χ3v) is 2.77. The smallest absolute Gasteiger partial charge is 0.122 e. The Balaban J connectivity index is 2.62. The fraction of sp³-hybridized carbons (Fsp3) is 0.250. The fourth-order valence-electron chi connectivity index (χ4n) is 0.977. The molecule has 0 aromatic carbocycles. The molecule has 1 N–H and O–H groups in total. The van der Waals surface area contributed by atoms with Gasteiger partial charge in [-0.05, 0) is 13.0 Å². The molecule has 0 aliphatic carbocycles. The molecule has 0 aliphatic heterocycles. The maximum Gasteiger partial charge on any atom is 0.122 e. The van der Waals surface area contributed by atoms with Crippen LogP contribution < -0.4 is 0 Å². The predicted octanol–water partition coefficient (Wildman–Crippen LogP) is 1.74. The number of pyridine rings is 1. The highest BCUT2D eigenvalue weighted by Gasteiger charge is 2.07. The zero-order chi connectivity index (χ0) is 8.55. The van der Waals surface area contributed by atoms with Crippen LogP contribution in [0.4, 0.5) is 0 Å². The summed E-state index contributed by atoms with van der Waals surface area (Å²) in [6.45, 7) is 1.71. The van der Waals surface area contributed by atoms with Gasteiger partial charge in [0.1, 0.15) is 11.1 Å². The van der Waals surface area contributed by atoms with Crippen LogP contribution in [-0.2, 0) is 0 Å². The monoisotopic (exact) mass is 180 g/mol. The summed E-state index contributed by atoms with van der Waals surface area (Å²) in [5, 5.41) is 10.0. The number of thiazole rings is 1. The third kappa shape index (κ3) is 1.19. The molecular weight excluding hydrogens is 172 g/mol. The van der Waals surface area contributed by atoms with Crippen LogP contribution in [0.1, 0.15) is 18.0 Å². The summed E-state index contributed by atoms with van der Waals surface area (Å²) >= 11 is 1.50. The fourth-order valence-corrected chi connectivity index (χ4v) is 1.85. The summed E-state index contributed by atoms with van der Waals surface area (Å²) in [4.78, 5) is 8.17. The zero-order valence-corrected chi connectivity index (χ0v) is 7.38. The normalized spacial score (nSPS) is 13.5. The second-order valence-electron chi connectivity index (χ2n) is 2.57. The summed E-state index contributed by atoms with van der Waals surface area (Å²) in [6.07, 6.45) is 2.95. The van der Waals surface area contributed by atoms with E-state index in [2.05, 4.69) is 9.97 Å². The van der Waals surface area contributed by atoms with Crippen LogP contribution in [0.3, 0.4) is 0 Å². The van der Waals surface area contributed by atoms with Crippen LogP contribution in [0.2, 0.25) is 0 Å². The topological polar surface area (TPSA) is 46.0 Å². The second-order valence-corrected chi connectivity index (χ2v) is 3.63. The van der Waals surface area contributed by atoms with Gasteiger partial charge in [0.15, 0.2) is 0 Å². The Hall–Kier alpha value is -1.00. The van der Waals surface area contributed by atoms with Crippen molar-refractivity contribution in [3.63, 3.8) is 0 Å². The lowest BCUT2D eigenvalue weighted by atomic mass is 10.4. The van der Waals surface area contributed by atoms with Crippen molar-refractivity contribution >= 4 is 21.6 Å². The Bertz CT molecular complexity index is 364. The van der Waals surface area contributed by atoms with Gasteiger partial charge in [-0.25, -0.2) is 4.98 Å². The van der Waals surface area contributed by atoms with Crippen LogP contribution in [0, 0.1) is 0 Å². The summed E-state index contributed by atoms with van der Waals surface area (Å²) in [5.41, 5.74) is 0.860. The van der Waals surface area contributed by atoms with E-state index in [4.69, 9.17) is 0 Å². The van der Waals surface area contributed by atoms with Crippen molar-refractivity contribution in [2.75, 3.05) is 0 Å². The number of aromatic nitrogens is 2. The first-order valence-corrected chi connectivity index (χ1v) is 4.47. The Labute approximate surface area is 73.7 Å². The molecule has 4 heteroatoms. The van der Waals surface area contributed by atoms with E-state index in [1.165, 1.54) is 11.3 Å². The van der Waals surface area contributed by atoms with E-state index >= 15 is 0 Å². The highest BCUT2D eigenvalue weighted by molar-refractivity contribution is 7.18. The van der Waals surface area contributed by atoms with Gasteiger partial charge < -0.3 is 5.11 Å². The van der Waals surface area contributed by atoms with Crippen molar-refractivity contribution in [1.29, 1.82) is 0 Å². The second kappa shape index (κ2) is 2.80. The molecule has 2 aromatic rings. The predicted molar refractivity (Wildman–Crippen MR) is 48.0 cm³/mol. The summed E-state index contributed by atoms with van der Waals surface area (Å²) in [7, 11) is 0. The number of aliphatic hydroxyl groups excluding tert-OH is 1. The van der Waals surface area contributed by atoms with Gasteiger partial charge in [-0.2, -0.15) is 0 Å². The van der Waals surface area contributed by atoms with E-state index < -0.39 is 6.10 Å². The Morgan fingerprint density at radius 1 is 1.58 bits per heavy atom. The number of rotatable bonds is 1. The van der Waals surface area contributed by atoms with Crippen LogP contribution in [-0.4, -0.2) is 15.1 Å². The minimum Gasteiger partial charge on any atom is -0.386 e. The van der Waals surface area contributed by atoms with E-state index in [1.807, 2.05) is 6.07 Å². The molecule has 1 atom stereocenters. The molecule has 12 heavy (non-hydrogen) atoms. The van der Waals surface area contributed by atoms with Gasteiger partial charge in [-0.3, -0.25) is 4.98 Å². The highest BCUT2D eigenvalue weighted by atomic mass is 32.1. The molecule has 2 rings (SSSR count). The zero-order valence-electron chi connectivity index (χ0n) is 6.56. The Morgan fingerprint density at radius 3 is 3.08 bits per heavy atom. The van der Waals surface area contributed by atoms with Crippen molar-refractivity contribution in [1.82, 2.24) is 9.97 Å². The molecule has 0 aliphatic rings. The van der Waals surface area contributed by atoms with E-state index in [0.29, 0.717) is 0 Å². The van der Waals surface area contributed by atoms with Gasteiger partial charge >= 0.3 is 0 Å². The molecule has 3 nitrogen and oxygen atoms in total. The van der Waals surface area contributed by atoms with Gasteiger partial charge in [-0.15, -0.1) is 11.3 Å². The first-order valence-electron chi connectivity index (χ1n) is 3.66. The number of hydrogen-bond donors (Lipinski definition) is 1. The van der Waals surface area contributed by atoms with Crippen LogP contribution in [0.15, 0.2) is 18.5 Å². The van der Waals surface area contributed by atoms with Gasteiger partial charge in [-0.1, -0.05) is 0 Å². The highest BCUT2D eigenvalue weighted by Crippen LogP contribution is 2.24. The maximum absolute atomic E-state index is 9.25. The quantitative estimate of drug-likeness (QED) is 0.727. The molecule has 0 saturated carbocycles. The largest absolute Gasteiger partial charge is 0.386 e. The number of fused-ring (bicyclic) bond motifs is 1. The third-order valence-electron chi connectivity index (χ3n) is 1.56. The summed E-state index contributed by atoms with van der Waals surface area (Å²) in [6, 6.07) is 1.90. The van der Waals surface area contributed by atoms with E-state index in [1.54, 1.807) is 19.3 Å². The Kier molecular flexibility index (Phi) is 1.78. The van der Waals surface area contributed by atoms with Crippen molar-refractivity contribution in [3.8, 4) is 0 Å². The lowest BCUT2D eigenvalue weighted by Crippen LogP contribution is -1.87.